The van der Waals surface area contributed by atoms with Crippen molar-refractivity contribution in [3.63, 3.8) is 0 Å². The third-order valence-electron chi connectivity index (χ3n) is 3.89. The second-order valence-electron chi connectivity index (χ2n) is 5.62. The Morgan fingerprint density at radius 1 is 1.26 bits per heavy atom. The number of piperidine rings is 1. The van der Waals surface area contributed by atoms with Gasteiger partial charge in [0.25, 0.3) is 0 Å². The number of nitrogens with one attached hydrogen (secondary N) is 1. The number of rotatable bonds is 6. The van der Waals surface area contributed by atoms with Crippen LogP contribution in [0.4, 0.5) is 4.39 Å². The van der Waals surface area contributed by atoms with Crippen LogP contribution in [-0.2, 0) is 14.8 Å². The van der Waals surface area contributed by atoms with Gasteiger partial charge in [0.1, 0.15) is 5.82 Å². The van der Waals surface area contributed by atoms with E-state index in [-0.39, 0.29) is 16.8 Å². The molecule has 1 fully saturated rings. The maximum Gasteiger partial charge on any atom is 0.240 e. The van der Waals surface area contributed by atoms with Gasteiger partial charge in [-0.15, -0.1) is 0 Å². The summed E-state index contributed by atoms with van der Waals surface area (Å²) in [5.74, 6) is -0.413. The first-order chi connectivity index (χ1) is 10.9. The molecule has 2 rings (SSSR count). The highest BCUT2D eigenvalue weighted by Crippen LogP contribution is 2.16. The molecule has 1 saturated heterocycles. The van der Waals surface area contributed by atoms with E-state index in [4.69, 9.17) is 5.73 Å². The third-order valence-corrected chi connectivity index (χ3v) is 5.42. The molecule has 0 aliphatic carbocycles. The van der Waals surface area contributed by atoms with E-state index in [0.717, 1.165) is 12.1 Å². The largest absolute Gasteiger partial charge is 0.343 e. The fourth-order valence-electron chi connectivity index (χ4n) is 2.56. The van der Waals surface area contributed by atoms with E-state index in [1.165, 1.54) is 12.1 Å². The highest BCUT2D eigenvalue weighted by molar-refractivity contribution is 7.89. The lowest BCUT2D eigenvalue weighted by molar-refractivity contribution is -0.132. The van der Waals surface area contributed by atoms with E-state index in [0.29, 0.717) is 45.3 Å². The SMILES string of the molecule is NCCCC(=O)N1CCC(NS(=O)(=O)c2ccc(F)cc2)CC1. The molecule has 0 aromatic heterocycles. The molecule has 0 bridgehead atoms. The lowest BCUT2D eigenvalue weighted by Crippen LogP contribution is -2.46. The fourth-order valence-corrected chi connectivity index (χ4v) is 3.86. The van der Waals surface area contributed by atoms with Gasteiger partial charge in [0.05, 0.1) is 4.90 Å². The quantitative estimate of drug-likeness (QED) is 0.800. The number of sulfonamides is 1. The normalized spacial score (nSPS) is 16.5. The zero-order chi connectivity index (χ0) is 16.9. The van der Waals surface area contributed by atoms with Crippen molar-refractivity contribution in [2.24, 2.45) is 5.73 Å². The van der Waals surface area contributed by atoms with E-state index in [1.54, 1.807) is 4.90 Å². The van der Waals surface area contributed by atoms with E-state index >= 15 is 0 Å². The molecule has 6 nitrogen and oxygen atoms in total. The standard InChI is InChI=1S/C15H22FN3O3S/c16-12-3-5-14(6-4-12)23(21,22)18-13-7-10-19(11-8-13)15(20)2-1-9-17/h3-6,13,18H,1-2,7-11,17H2. The van der Waals surface area contributed by atoms with Gasteiger partial charge in [0, 0.05) is 25.6 Å². The molecule has 1 amide bonds. The topological polar surface area (TPSA) is 92.5 Å². The zero-order valence-corrected chi connectivity index (χ0v) is 13.7. The van der Waals surface area contributed by atoms with Gasteiger partial charge in [-0.05, 0) is 50.1 Å². The molecule has 0 unspecified atom stereocenters. The van der Waals surface area contributed by atoms with E-state index in [2.05, 4.69) is 4.72 Å². The molecule has 0 atom stereocenters. The lowest BCUT2D eigenvalue weighted by Gasteiger charge is -2.32. The van der Waals surface area contributed by atoms with Crippen LogP contribution in [0, 0.1) is 5.82 Å². The van der Waals surface area contributed by atoms with Crippen molar-refractivity contribution in [3.05, 3.63) is 30.1 Å². The van der Waals surface area contributed by atoms with E-state index < -0.39 is 15.8 Å². The molecule has 1 heterocycles. The van der Waals surface area contributed by atoms with Crippen LogP contribution in [0.2, 0.25) is 0 Å². The van der Waals surface area contributed by atoms with Crippen LogP contribution in [-0.4, -0.2) is 44.9 Å². The number of carbonyl (C=O) groups excluding carboxylic acids is 1. The molecule has 128 valence electrons. The maximum absolute atomic E-state index is 12.9. The van der Waals surface area contributed by atoms with Gasteiger partial charge in [-0.2, -0.15) is 0 Å². The number of nitrogens with zero attached hydrogens (tertiary/aromatic N) is 1. The Hall–Kier alpha value is -1.51. The molecular weight excluding hydrogens is 321 g/mol. The van der Waals surface area contributed by atoms with Crippen LogP contribution in [0.15, 0.2) is 29.2 Å². The van der Waals surface area contributed by atoms with Gasteiger partial charge < -0.3 is 10.6 Å². The third kappa shape index (κ3) is 4.98. The summed E-state index contributed by atoms with van der Waals surface area (Å²) in [5.41, 5.74) is 5.39. The van der Waals surface area contributed by atoms with Gasteiger partial charge in [-0.25, -0.2) is 17.5 Å². The number of hydrogen-bond acceptors (Lipinski definition) is 4. The number of nitrogens with two attached hydrogens (primary N) is 1. The van der Waals surface area contributed by atoms with Crippen LogP contribution in [0.3, 0.4) is 0 Å². The molecule has 1 aliphatic heterocycles. The molecule has 0 spiro atoms. The first-order valence-corrected chi connectivity index (χ1v) is 9.16. The van der Waals surface area contributed by atoms with Crippen molar-refractivity contribution in [2.45, 2.75) is 36.6 Å². The van der Waals surface area contributed by atoms with Crippen molar-refractivity contribution in [1.29, 1.82) is 0 Å². The Labute approximate surface area is 135 Å². The van der Waals surface area contributed by atoms with E-state index in [9.17, 15) is 17.6 Å². The second-order valence-corrected chi connectivity index (χ2v) is 7.34. The van der Waals surface area contributed by atoms with Gasteiger partial charge in [-0.1, -0.05) is 0 Å². The zero-order valence-electron chi connectivity index (χ0n) is 12.9. The van der Waals surface area contributed by atoms with Gasteiger partial charge in [-0.3, -0.25) is 4.79 Å². The Kier molecular flexibility index (Phi) is 6.09. The molecule has 1 aliphatic rings. The van der Waals surface area contributed by atoms with Crippen LogP contribution >= 0.6 is 0 Å². The monoisotopic (exact) mass is 343 g/mol. The number of carbonyl (C=O) groups is 1. The maximum atomic E-state index is 12.9. The molecule has 3 N–H and O–H groups in total. The minimum Gasteiger partial charge on any atom is -0.343 e. The Morgan fingerprint density at radius 3 is 2.43 bits per heavy atom. The minimum absolute atomic E-state index is 0.0420. The fraction of sp³-hybridized carbons (Fsp3) is 0.533. The Morgan fingerprint density at radius 2 is 1.87 bits per heavy atom. The Bertz CT molecular complexity index is 626. The molecule has 1 aromatic carbocycles. The average molecular weight is 343 g/mol. The van der Waals surface area contributed by atoms with Gasteiger partial charge in [0.2, 0.25) is 15.9 Å². The second kappa shape index (κ2) is 7.85. The van der Waals surface area contributed by atoms with Crippen LogP contribution in [0.1, 0.15) is 25.7 Å². The van der Waals surface area contributed by atoms with Crippen molar-refractivity contribution < 1.29 is 17.6 Å². The van der Waals surface area contributed by atoms with Crippen molar-refractivity contribution in [3.8, 4) is 0 Å². The summed E-state index contributed by atoms with van der Waals surface area (Å²) in [6.45, 7) is 1.54. The first kappa shape index (κ1) is 17.8. The smallest absolute Gasteiger partial charge is 0.240 e. The summed E-state index contributed by atoms with van der Waals surface area (Å²) in [4.78, 5) is 13.7. The number of amides is 1. The summed E-state index contributed by atoms with van der Waals surface area (Å²) in [6, 6.07) is 4.50. The summed E-state index contributed by atoms with van der Waals surface area (Å²) >= 11 is 0. The number of halogens is 1. The van der Waals surface area contributed by atoms with Crippen molar-refractivity contribution in [1.82, 2.24) is 9.62 Å². The summed E-state index contributed by atoms with van der Waals surface area (Å²) in [7, 11) is -3.67. The summed E-state index contributed by atoms with van der Waals surface area (Å²) in [5, 5.41) is 0. The molecule has 23 heavy (non-hydrogen) atoms. The molecule has 1 aromatic rings. The summed E-state index contributed by atoms with van der Waals surface area (Å²) < 4.78 is 40.0. The number of hydrogen-bond donors (Lipinski definition) is 2. The van der Waals surface area contributed by atoms with Gasteiger partial charge >= 0.3 is 0 Å². The predicted octanol–water partition coefficient (Wildman–Crippen LogP) is 0.834. The van der Waals surface area contributed by atoms with Crippen LogP contribution in [0.25, 0.3) is 0 Å². The summed E-state index contributed by atoms with van der Waals surface area (Å²) in [6.07, 6.45) is 2.22. The predicted molar refractivity (Wildman–Crippen MR) is 84.6 cm³/mol. The highest BCUT2D eigenvalue weighted by atomic mass is 32.2. The molecule has 8 heteroatoms. The van der Waals surface area contributed by atoms with Gasteiger partial charge in [0.15, 0.2) is 0 Å². The Balaban J connectivity index is 1.88. The first-order valence-electron chi connectivity index (χ1n) is 7.68. The number of likely N-dealkylation sites (tertiary alicyclic amines) is 1. The highest BCUT2D eigenvalue weighted by Gasteiger charge is 2.26. The average Bonchev–Trinajstić information content (AvgIpc) is 2.53. The number of benzene rings is 1. The van der Waals surface area contributed by atoms with Crippen LogP contribution in [0.5, 0.6) is 0 Å². The van der Waals surface area contributed by atoms with Crippen LogP contribution < -0.4 is 10.5 Å². The van der Waals surface area contributed by atoms with Crippen molar-refractivity contribution >= 4 is 15.9 Å². The molecule has 0 saturated carbocycles. The molecular formula is C15H22FN3O3S. The van der Waals surface area contributed by atoms with Crippen molar-refractivity contribution in [2.75, 3.05) is 19.6 Å². The molecule has 0 radical (unpaired) electrons. The lowest BCUT2D eigenvalue weighted by atomic mass is 10.1. The minimum atomic E-state index is -3.67. The van der Waals surface area contributed by atoms with E-state index in [1.807, 2.05) is 0 Å².